The fourth-order valence-corrected chi connectivity index (χ4v) is 5.33. The van der Waals surface area contributed by atoms with Gasteiger partial charge in [0.15, 0.2) is 17.2 Å². The van der Waals surface area contributed by atoms with Crippen molar-refractivity contribution in [3.63, 3.8) is 0 Å². The molecule has 0 bridgehead atoms. The molecule has 0 saturated carbocycles. The monoisotopic (exact) mass is 496 g/mol. The van der Waals surface area contributed by atoms with E-state index in [1.54, 1.807) is 13.8 Å². The number of benzene rings is 1. The van der Waals surface area contributed by atoms with Gasteiger partial charge in [0.05, 0.1) is 23.1 Å². The maximum atomic E-state index is 13.9. The Labute approximate surface area is 203 Å². The van der Waals surface area contributed by atoms with Crippen LogP contribution in [0.4, 0.5) is 0 Å². The van der Waals surface area contributed by atoms with Crippen molar-refractivity contribution in [2.75, 3.05) is 6.61 Å². The third-order valence-corrected chi connectivity index (χ3v) is 7.92. The van der Waals surface area contributed by atoms with Crippen molar-refractivity contribution in [3.05, 3.63) is 46.6 Å². The highest BCUT2D eigenvalue weighted by molar-refractivity contribution is 6.45. The molecule has 6 nitrogen and oxygen atoms in total. The summed E-state index contributed by atoms with van der Waals surface area (Å²) in [5, 5.41) is 28.8. The number of phenolic OH excluding ortho intramolecular Hbond substituents is 2. The molecule has 0 amide bonds. The van der Waals surface area contributed by atoms with Crippen LogP contribution in [0.2, 0.25) is 0 Å². The van der Waals surface area contributed by atoms with Crippen molar-refractivity contribution < 1.29 is 29.6 Å². The van der Waals surface area contributed by atoms with Gasteiger partial charge in [-0.3, -0.25) is 9.59 Å². The van der Waals surface area contributed by atoms with Crippen LogP contribution in [0.25, 0.3) is 0 Å². The third-order valence-electron chi connectivity index (χ3n) is 6.61. The summed E-state index contributed by atoms with van der Waals surface area (Å²) in [5.74, 6) is -2.07. The molecule has 3 rings (SSSR count). The van der Waals surface area contributed by atoms with E-state index >= 15 is 0 Å². The number of aliphatic hydroxyl groups excluding tert-OH is 1. The van der Waals surface area contributed by atoms with Crippen molar-refractivity contribution in [1.29, 1.82) is 0 Å². The Balaban J connectivity index is 2.10. The van der Waals surface area contributed by atoms with Crippen LogP contribution >= 0.6 is 23.2 Å². The second-order valence-corrected chi connectivity index (χ2v) is 10.7. The Morgan fingerprint density at radius 2 is 1.82 bits per heavy atom. The zero-order valence-corrected chi connectivity index (χ0v) is 20.8. The van der Waals surface area contributed by atoms with Crippen LogP contribution < -0.4 is 0 Å². The number of allylic oxidation sites excluding steroid dienone is 2. The molecule has 1 aromatic carbocycles. The first-order chi connectivity index (χ1) is 15.3. The minimum absolute atomic E-state index is 0.00112. The fourth-order valence-electron chi connectivity index (χ4n) is 4.53. The van der Waals surface area contributed by atoms with Gasteiger partial charge in [0.2, 0.25) is 0 Å². The molecule has 33 heavy (non-hydrogen) atoms. The van der Waals surface area contributed by atoms with Crippen molar-refractivity contribution in [3.8, 4) is 11.5 Å². The number of rotatable bonds is 6. The highest BCUT2D eigenvalue weighted by Crippen LogP contribution is 2.56. The van der Waals surface area contributed by atoms with Gasteiger partial charge in [0, 0.05) is 18.1 Å². The Hall–Kier alpha value is -1.86. The number of hydrogen-bond donors (Lipinski definition) is 3. The SMILES string of the molecule is CC(=CCCC(C)=CCC12OC(C)(C)C(Cl)CC1(Cl)C(=O)c1c(O)cc(O)cc1C2=O)CO. The minimum atomic E-state index is -1.82. The Bertz CT molecular complexity index is 1040. The molecular weight excluding hydrogens is 467 g/mol. The van der Waals surface area contributed by atoms with E-state index in [4.69, 9.17) is 33.0 Å². The van der Waals surface area contributed by atoms with Crippen molar-refractivity contribution in [2.45, 2.75) is 74.8 Å². The largest absolute Gasteiger partial charge is 0.508 e. The number of alkyl halides is 2. The molecule has 1 saturated heterocycles. The predicted molar refractivity (Wildman–Crippen MR) is 128 cm³/mol. The number of fused-ring (bicyclic) bond motifs is 2. The highest BCUT2D eigenvalue weighted by Gasteiger charge is 2.70. The average molecular weight is 497 g/mol. The number of aliphatic hydroxyl groups is 1. The molecule has 0 radical (unpaired) electrons. The van der Waals surface area contributed by atoms with Gasteiger partial charge in [-0.05, 0) is 53.0 Å². The summed E-state index contributed by atoms with van der Waals surface area (Å²) in [6.07, 6.45) is 5.17. The van der Waals surface area contributed by atoms with Crippen LogP contribution in [0.1, 0.15) is 74.1 Å². The lowest BCUT2D eigenvalue weighted by Crippen LogP contribution is -2.72. The summed E-state index contributed by atoms with van der Waals surface area (Å²) in [7, 11) is 0. The molecule has 2 aliphatic rings. The lowest BCUT2D eigenvalue weighted by Gasteiger charge is -2.56. The maximum absolute atomic E-state index is 13.9. The van der Waals surface area contributed by atoms with Gasteiger partial charge in [-0.15, -0.1) is 23.2 Å². The second-order valence-electron chi connectivity index (χ2n) is 9.55. The Morgan fingerprint density at radius 1 is 1.15 bits per heavy atom. The first-order valence-electron chi connectivity index (χ1n) is 10.9. The lowest BCUT2D eigenvalue weighted by atomic mass is 9.63. The van der Waals surface area contributed by atoms with Crippen molar-refractivity contribution in [2.24, 2.45) is 0 Å². The molecule has 3 unspecified atom stereocenters. The minimum Gasteiger partial charge on any atom is -0.508 e. The van der Waals surface area contributed by atoms with Crippen LogP contribution in [0.5, 0.6) is 11.5 Å². The molecule has 1 aliphatic carbocycles. The van der Waals surface area contributed by atoms with Crippen molar-refractivity contribution >= 4 is 34.8 Å². The zero-order chi connectivity index (χ0) is 24.8. The van der Waals surface area contributed by atoms with E-state index in [0.29, 0.717) is 12.8 Å². The molecule has 1 heterocycles. The summed E-state index contributed by atoms with van der Waals surface area (Å²) < 4.78 is 6.32. The van der Waals surface area contributed by atoms with E-state index < -0.39 is 38.8 Å². The van der Waals surface area contributed by atoms with E-state index in [0.717, 1.165) is 23.3 Å². The van der Waals surface area contributed by atoms with Crippen LogP contribution in [0, 0.1) is 0 Å². The van der Waals surface area contributed by atoms with E-state index in [9.17, 15) is 19.8 Å². The molecule has 180 valence electrons. The highest BCUT2D eigenvalue weighted by atomic mass is 35.5. The van der Waals surface area contributed by atoms with Gasteiger partial charge in [-0.1, -0.05) is 23.3 Å². The number of hydrogen-bond acceptors (Lipinski definition) is 6. The number of halogens is 2. The van der Waals surface area contributed by atoms with Crippen LogP contribution in [0.15, 0.2) is 35.4 Å². The van der Waals surface area contributed by atoms with Crippen molar-refractivity contribution in [1.82, 2.24) is 0 Å². The number of ketones is 2. The standard InChI is InChI=1S/C25H30Cl2O6/c1-14(6-5-7-15(2)13-28)8-9-25-21(31)17-10-16(29)11-18(30)20(17)22(32)24(25,27)12-19(26)23(3,4)33-25/h7-8,10-11,19,28-30H,5-6,9,12-13H2,1-4H3. The lowest BCUT2D eigenvalue weighted by molar-refractivity contribution is -0.157. The van der Waals surface area contributed by atoms with E-state index in [-0.39, 0.29) is 36.3 Å². The molecule has 8 heteroatoms. The number of Topliss-reactive ketones (excluding diaryl/α,β-unsaturated/α-hetero) is 2. The van der Waals surface area contributed by atoms with E-state index in [2.05, 4.69) is 0 Å². The van der Waals surface area contributed by atoms with Crippen LogP contribution in [0.3, 0.4) is 0 Å². The summed E-state index contributed by atoms with van der Waals surface area (Å²) in [4.78, 5) is 25.7. The molecule has 0 spiro atoms. The topological polar surface area (TPSA) is 104 Å². The number of carbonyl (C=O) groups excluding carboxylic acids is 2. The van der Waals surface area contributed by atoms with Gasteiger partial charge in [0.25, 0.3) is 0 Å². The predicted octanol–water partition coefficient (Wildman–Crippen LogP) is 5.05. The maximum Gasteiger partial charge on any atom is 0.198 e. The number of phenols is 2. The summed E-state index contributed by atoms with van der Waals surface area (Å²) in [5.41, 5.74) is -1.23. The first-order valence-corrected chi connectivity index (χ1v) is 11.7. The Morgan fingerprint density at radius 3 is 2.45 bits per heavy atom. The zero-order valence-electron chi connectivity index (χ0n) is 19.2. The molecule has 1 aliphatic heterocycles. The summed E-state index contributed by atoms with van der Waals surface area (Å²) in [6, 6.07) is 2.17. The fraction of sp³-hybridized carbons (Fsp3) is 0.520. The third kappa shape index (κ3) is 4.34. The van der Waals surface area contributed by atoms with Crippen LogP contribution in [-0.4, -0.2) is 54.9 Å². The summed E-state index contributed by atoms with van der Waals surface area (Å²) in [6.45, 7) is 7.24. The van der Waals surface area contributed by atoms with Gasteiger partial charge in [0.1, 0.15) is 16.4 Å². The van der Waals surface area contributed by atoms with Gasteiger partial charge in [-0.2, -0.15) is 0 Å². The van der Waals surface area contributed by atoms with Gasteiger partial charge < -0.3 is 20.1 Å². The molecular formula is C25H30Cl2O6. The quantitative estimate of drug-likeness (QED) is 0.375. The summed E-state index contributed by atoms with van der Waals surface area (Å²) >= 11 is 13.5. The number of carbonyl (C=O) groups is 2. The van der Waals surface area contributed by atoms with E-state index in [1.807, 2.05) is 26.0 Å². The average Bonchev–Trinajstić information content (AvgIpc) is 2.73. The van der Waals surface area contributed by atoms with E-state index in [1.165, 1.54) is 0 Å². The molecule has 1 fully saturated rings. The van der Waals surface area contributed by atoms with Gasteiger partial charge >= 0.3 is 0 Å². The number of aromatic hydroxyl groups is 2. The molecule has 3 N–H and O–H groups in total. The number of ether oxygens (including phenoxy) is 1. The van der Waals surface area contributed by atoms with Crippen LogP contribution in [-0.2, 0) is 4.74 Å². The molecule has 1 aromatic rings. The first kappa shape index (κ1) is 25.8. The molecule has 3 atom stereocenters. The normalized spacial score (nSPS) is 29.6. The second kappa shape index (κ2) is 9.06. The van der Waals surface area contributed by atoms with Gasteiger partial charge in [-0.25, -0.2) is 0 Å². The molecule has 0 aromatic heterocycles. The Kier molecular flexibility index (Phi) is 7.07. The smallest absolute Gasteiger partial charge is 0.198 e.